The van der Waals surface area contributed by atoms with Gasteiger partial charge in [-0.15, -0.1) is 0 Å². The van der Waals surface area contributed by atoms with E-state index in [9.17, 15) is 8.78 Å². The van der Waals surface area contributed by atoms with Crippen LogP contribution in [0.3, 0.4) is 0 Å². The minimum atomic E-state index is -1.83. The normalized spacial score (nSPS) is 8.14. The molecule has 14 heavy (non-hydrogen) atoms. The maximum atomic E-state index is 11.6. The van der Waals surface area contributed by atoms with E-state index in [2.05, 4.69) is 0 Å². The molecule has 2 N–H and O–H groups in total. The second kappa shape index (κ2) is 6.59. The van der Waals surface area contributed by atoms with Crippen molar-refractivity contribution in [1.29, 1.82) is 0 Å². The fraction of sp³-hybridized carbons (Fsp3) is 0. The SMILES string of the molecule is FC(F)=Cc1ccccc1.O=C(O)O. The number of hydrogen-bond acceptors (Lipinski definition) is 1. The summed E-state index contributed by atoms with van der Waals surface area (Å²) in [6.07, 6.45) is -2.66. The number of carboxylic acid groups (broad SMARTS) is 2. The summed E-state index contributed by atoms with van der Waals surface area (Å²) in [5.74, 6) is 0. The molecule has 0 aliphatic rings. The van der Waals surface area contributed by atoms with E-state index >= 15 is 0 Å². The fourth-order valence-electron chi connectivity index (χ4n) is 0.675. The van der Waals surface area contributed by atoms with Crippen molar-refractivity contribution in [2.45, 2.75) is 0 Å². The van der Waals surface area contributed by atoms with E-state index in [1.807, 2.05) is 0 Å². The lowest BCUT2D eigenvalue weighted by molar-refractivity contribution is 0.137. The van der Waals surface area contributed by atoms with Crippen LogP contribution in [0.5, 0.6) is 0 Å². The van der Waals surface area contributed by atoms with E-state index in [0.717, 1.165) is 6.08 Å². The average molecular weight is 202 g/mol. The van der Waals surface area contributed by atoms with Crippen molar-refractivity contribution < 1.29 is 23.8 Å². The molecule has 3 nitrogen and oxygen atoms in total. The molecule has 1 aromatic carbocycles. The second-order valence-electron chi connectivity index (χ2n) is 2.13. The predicted octanol–water partition coefficient (Wildman–Crippen LogP) is 3.15. The maximum absolute atomic E-state index is 11.6. The lowest BCUT2D eigenvalue weighted by atomic mass is 10.2. The number of benzene rings is 1. The fourth-order valence-corrected chi connectivity index (χ4v) is 0.675. The Morgan fingerprint density at radius 2 is 1.57 bits per heavy atom. The minimum absolute atomic E-state index is 0.530. The van der Waals surface area contributed by atoms with Gasteiger partial charge in [0.2, 0.25) is 0 Å². The Morgan fingerprint density at radius 1 is 1.14 bits per heavy atom. The third-order valence-electron chi connectivity index (χ3n) is 1.08. The Labute approximate surface area is 78.9 Å². The number of hydrogen-bond donors (Lipinski definition) is 2. The molecule has 0 atom stereocenters. The molecule has 5 heteroatoms. The number of rotatable bonds is 1. The molecule has 0 aliphatic carbocycles. The molecule has 0 spiro atoms. The van der Waals surface area contributed by atoms with Gasteiger partial charge in [-0.25, -0.2) is 4.79 Å². The third-order valence-corrected chi connectivity index (χ3v) is 1.08. The van der Waals surface area contributed by atoms with E-state index < -0.39 is 12.2 Å². The van der Waals surface area contributed by atoms with Crippen molar-refractivity contribution in [3.05, 3.63) is 42.0 Å². The van der Waals surface area contributed by atoms with Gasteiger partial charge in [-0.05, 0) is 5.56 Å². The molecule has 0 aromatic heterocycles. The van der Waals surface area contributed by atoms with Crippen LogP contribution in [0, 0.1) is 0 Å². The van der Waals surface area contributed by atoms with Crippen molar-refractivity contribution >= 4 is 12.2 Å². The van der Waals surface area contributed by atoms with Gasteiger partial charge in [-0.1, -0.05) is 30.3 Å². The van der Waals surface area contributed by atoms with Crippen LogP contribution in [0.25, 0.3) is 6.08 Å². The first-order chi connectivity index (χ1) is 6.52. The summed E-state index contributed by atoms with van der Waals surface area (Å²) in [6.45, 7) is 0. The molecule has 1 aromatic rings. The topological polar surface area (TPSA) is 57.5 Å². The lowest BCUT2D eigenvalue weighted by Gasteiger charge is -1.87. The molecule has 0 saturated carbocycles. The first-order valence-corrected chi connectivity index (χ1v) is 3.52. The van der Waals surface area contributed by atoms with E-state index in [1.165, 1.54) is 0 Å². The molecule has 1 rings (SSSR count). The molecule has 0 unspecified atom stereocenters. The first-order valence-electron chi connectivity index (χ1n) is 3.52. The van der Waals surface area contributed by atoms with Gasteiger partial charge in [0.05, 0.1) is 0 Å². The zero-order valence-corrected chi connectivity index (χ0v) is 7.02. The van der Waals surface area contributed by atoms with Crippen LogP contribution in [0.15, 0.2) is 36.4 Å². The maximum Gasteiger partial charge on any atom is 0.503 e. The smallest absolute Gasteiger partial charge is 0.450 e. The van der Waals surface area contributed by atoms with Gasteiger partial charge in [0.25, 0.3) is 6.08 Å². The number of halogens is 2. The number of carbonyl (C=O) groups is 1. The van der Waals surface area contributed by atoms with Crippen LogP contribution in [-0.4, -0.2) is 16.4 Å². The van der Waals surface area contributed by atoms with Gasteiger partial charge in [-0.2, -0.15) is 8.78 Å². The van der Waals surface area contributed by atoms with E-state index in [-0.39, 0.29) is 0 Å². The van der Waals surface area contributed by atoms with Gasteiger partial charge < -0.3 is 10.2 Å². The van der Waals surface area contributed by atoms with Gasteiger partial charge >= 0.3 is 6.16 Å². The largest absolute Gasteiger partial charge is 0.503 e. The molecular weight excluding hydrogens is 194 g/mol. The van der Waals surface area contributed by atoms with E-state index in [0.29, 0.717) is 5.56 Å². The Bertz CT molecular complexity index is 301. The monoisotopic (exact) mass is 202 g/mol. The highest BCUT2D eigenvalue weighted by atomic mass is 19.3. The van der Waals surface area contributed by atoms with E-state index in [4.69, 9.17) is 15.0 Å². The first kappa shape index (κ1) is 12.1. The van der Waals surface area contributed by atoms with Crippen LogP contribution in [0.1, 0.15) is 5.56 Å². The van der Waals surface area contributed by atoms with Gasteiger partial charge in [-0.3, -0.25) is 0 Å². The van der Waals surface area contributed by atoms with Crippen molar-refractivity contribution in [3.8, 4) is 0 Å². The Morgan fingerprint density at radius 3 is 1.93 bits per heavy atom. The summed E-state index contributed by atoms with van der Waals surface area (Å²) in [5.41, 5.74) is 0.530. The van der Waals surface area contributed by atoms with Gasteiger partial charge in [0, 0.05) is 6.08 Å². The quantitative estimate of drug-likeness (QED) is 0.735. The molecule has 0 heterocycles. The molecule has 0 amide bonds. The van der Waals surface area contributed by atoms with Crippen molar-refractivity contribution in [2.24, 2.45) is 0 Å². The summed E-state index contributed by atoms with van der Waals surface area (Å²) in [4.78, 5) is 8.56. The van der Waals surface area contributed by atoms with Gasteiger partial charge in [0.15, 0.2) is 0 Å². The highest BCUT2D eigenvalue weighted by molar-refractivity contribution is 5.53. The summed E-state index contributed by atoms with van der Waals surface area (Å²) >= 11 is 0. The van der Waals surface area contributed by atoms with Crippen LogP contribution >= 0.6 is 0 Å². The lowest BCUT2D eigenvalue weighted by Crippen LogP contribution is -1.81. The predicted molar refractivity (Wildman–Crippen MR) is 47.3 cm³/mol. The molecular formula is C9H8F2O3. The highest BCUT2D eigenvalue weighted by Crippen LogP contribution is 2.07. The summed E-state index contributed by atoms with van der Waals surface area (Å²) < 4.78 is 23.2. The zero-order chi connectivity index (χ0) is 11.0. The van der Waals surface area contributed by atoms with Crippen LogP contribution in [0.2, 0.25) is 0 Å². The Kier molecular flexibility index (Phi) is 5.69. The molecule has 0 fully saturated rings. The Hall–Kier alpha value is -1.91. The third kappa shape index (κ3) is 8.19. The van der Waals surface area contributed by atoms with Crippen LogP contribution < -0.4 is 0 Å². The minimum Gasteiger partial charge on any atom is -0.450 e. The molecule has 0 aliphatic heterocycles. The summed E-state index contributed by atoms with van der Waals surface area (Å²) in [6, 6.07) is 8.47. The second-order valence-corrected chi connectivity index (χ2v) is 2.13. The van der Waals surface area contributed by atoms with Crippen LogP contribution in [-0.2, 0) is 0 Å². The van der Waals surface area contributed by atoms with Crippen LogP contribution in [0.4, 0.5) is 13.6 Å². The Balaban J connectivity index is 0.000000364. The standard InChI is InChI=1S/C8H6F2.CH2O3/c9-8(10)6-7-4-2-1-3-5-7;2-1(3)4/h1-6H;(H2,2,3,4). The summed E-state index contributed by atoms with van der Waals surface area (Å²) in [5, 5.41) is 13.9. The van der Waals surface area contributed by atoms with E-state index in [1.54, 1.807) is 30.3 Å². The molecule has 0 bridgehead atoms. The highest BCUT2D eigenvalue weighted by Gasteiger charge is 1.88. The zero-order valence-electron chi connectivity index (χ0n) is 7.02. The van der Waals surface area contributed by atoms with Gasteiger partial charge in [0.1, 0.15) is 0 Å². The molecule has 76 valence electrons. The van der Waals surface area contributed by atoms with Crippen molar-refractivity contribution in [1.82, 2.24) is 0 Å². The molecule has 0 radical (unpaired) electrons. The van der Waals surface area contributed by atoms with Crippen molar-refractivity contribution in [3.63, 3.8) is 0 Å². The van der Waals surface area contributed by atoms with Crippen molar-refractivity contribution in [2.75, 3.05) is 0 Å². The summed E-state index contributed by atoms with van der Waals surface area (Å²) in [7, 11) is 0. The molecule has 0 saturated heterocycles. The average Bonchev–Trinajstić information content (AvgIpc) is 2.03.